The van der Waals surface area contributed by atoms with Crippen LogP contribution in [-0.4, -0.2) is 41.9 Å². The van der Waals surface area contributed by atoms with E-state index < -0.39 is 23.7 Å². The molecular weight excluding hydrogens is 400 g/mol. The highest BCUT2D eigenvalue weighted by Crippen LogP contribution is 2.27. The van der Waals surface area contributed by atoms with Crippen molar-refractivity contribution in [3.8, 4) is 0 Å². The zero-order valence-electron chi connectivity index (χ0n) is 15.5. The Balaban J connectivity index is 2.06. The lowest BCUT2D eigenvalue weighted by atomic mass is 10.0. The third-order valence-corrected chi connectivity index (χ3v) is 4.91. The number of alkyl carbamates (subject to hydrolysis) is 1. The highest BCUT2D eigenvalue weighted by atomic mass is 79.9. The van der Waals surface area contributed by atoms with Crippen LogP contribution in [0.4, 0.5) is 10.5 Å². The van der Waals surface area contributed by atoms with Crippen LogP contribution in [0.2, 0.25) is 0 Å². The van der Waals surface area contributed by atoms with Gasteiger partial charge in [0.05, 0.1) is 0 Å². The number of carbonyl (C=O) groups is 2. The minimum absolute atomic E-state index is 0.176. The van der Waals surface area contributed by atoms with Crippen molar-refractivity contribution in [2.75, 3.05) is 18.0 Å². The van der Waals surface area contributed by atoms with E-state index in [9.17, 15) is 14.7 Å². The van der Waals surface area contributed by atoms with Crippen molar-refractivity contribution in [2.24, 2.45) is 0 Å². The Bertz CT molecular complexity index is 651. The quantitative estimate of drug-likeness (QED) is 0.744. The number of benzene rings is 1. The summed E-state index contributed by atoms with van der Waals surface area (Å²) in [4.78, 5) is 25.8. The van der Waals surface area contributed by atoms with Gasteiger partial charge in [0.25, 0.3) is 0 Å². The lowest BCUT2D eigenvalue weighted by Crippen LogP contribution is -2.44. The van der Waals surface area contributed by atoms with Gasteiger partial charge in [-0.2, -0.15) is 0 Å². The molecule has 2 rings (SSSR count). The van der Waals surface area contributed by atoms with Crippen LogP contribution < -0.4 is 10.2 Å². The summed E-state index contributed by atoms with van der Waals surface area (Å²) in [5.74, 6) is -1.09. The number of nitrogens with zero attached hydrogens (tertiary/aromatic N) is 1. The minimum Gasteiger partial charge on any atom is -0.480 e. The van der Waals surface area contributed by atoms with Crippen LogP contribution in [0.5, 0.6) is 0 Å². The van der Waals surface area contributed by atoms with Crippen molar-refractivity contribution in [2.45, 2.75) is 58.1 Å². The Kier molecular flexibility index (Phi) is 6.92. The molecule has 1 atom stereocenters. The topological polar surface area (TPSA) is 78.9 Å². The number of piperidine rings is 1. The van der Waals surface area contributed by atoms with Gasteiger partial charge in [0.1, 0.15) is 11.6 Å². The summed E-state index contributed by atoms with van der Waals surface area (Å²) < 4.78 is 6.00. The highest BCUT2D eigenvalue weighted by Gasteiger charge is 2.25. The molecule has 1 unspecified atom stereocenters. The predicted molar refractivity (Wildman–Crippen MR) is 105 cm³/mol. The second-order valence-corrected chi connectivity index (χ2v) is 8.42. The number of carbonyl (C=O) groups excluding carboxylic acids is 1. The molecule has 1 aromatic rings. The second kappa shape index (κ2) is 8.75. The maximum absolute atomic E-state index is 11.9. The third-order valence-electron chi connectivity index (χ3n) is 4.17. The lowest BCUT2D eigenvalue weighted by molar-refractivity contribution is -0.139. The molecule has 1 aliphatic rings. The number of anilines is 1. The lowest BCUT2D eigenvalue weighted by Gasteiger charge is -2.29. The highest BCUT2D eigenvalue weighted by molar-refractivity contribution is 9.10. The Morgan fingerprint density at radius 2 is 1.92 bits per heavy atom. The fourth-order valence-electron chi connectivity index (χ4n) is 2.92. The third kappa shape index (κ3) is 6.20. The van der Waals surface area contributed by atoms with Crippen LogP contribution in [-0.2, 0) is 16.0 Å². The maximum Gasteiger partial charge on any atom is 0.408 e. The fourth-order valence-corrected chi connectivity index (χ4v) is 3.45. The molecule has 1 aromatic carbocycles. The number of ether oxygens (including phenoxy) is 1. The van der Waals surface area contributed by atoms with E-state index in [4.69, 9.17) is 4.74 Å². The number of hydrogen-bond donors (Lipinski definition) is 2. The van der Waals surface area contributed by atoms with E-state index in [0.717, 1.165) is 28.8 Å². The molecule has 0 aromatic heterocycles. The van der Waals surface area contributed by atoms with Gasteiger partial charge in [-0.3, -0.25) is 0 Å². The minimum atomic E-state index is -1.09. The van der Waals surface area contributed by atoms with Gasteiger partial charge in [0.15, 0.2) is 0 Å². The van der Waals surface area contributed by atoms with E-state index in [1.807, 2.05) is 18.2 Å². The van der Waals surface area contributed by atoms with E-state index in [1.165, 1.54) is 19.3 Å². The standard InChI is InChI=1S/C19H27BrN2O4/c1-19(2,3)26-18(25)21-16(17(23)24)11-13-7-8-14(12-15(13)20)22-9-5-4-6-10-22/h7-8,12,16H,4-6,9-11H2,1-3H3,(H,21,25)(H,23,24). The number of amides is 1. The maximum atomic E-state index is 11.9. The van der Waals surface area contributed by atoms with Crippen molar-refractivity contribution in [3.63, 3.8) is 0 Å². The predicted octanol–water partition coefficient (Wildman–Crippen LogP) is 3.96. The normalized spacial score (nSPS) is 16.1. The van der Waals surface area contributed by atoms with E-state index in [1.54, 1.807) is 20.8 Å². The molecule has 0 aliphatic carbocycles. The van der Waals surface area contributed by atoms with Gasteiger partial charge >= 0.3 is 12.1 Å². The molecule has 26 heavy (non-hydrogen) atoms. The van der Waals surface area contributed by atoms with Crippen LogP contribution in [0, 0.1) is 0 Å². The monoisotopic (exact) mass is 426 g/mol. The van der Waals surface area contributed by atoms with Crippen LogP contribution >= 0.6 is 15.9 Å². The molecular formula is C19H27BrN2O4. The number of aliphatic carboxylic acids is 1. The summed E-state index contributed by atoms with van der Waals surface area (Å²) in [5, 5.41) is 11.9. The number of carboxylic acid groups (broad SMARTS) is 1. The van der Waals surface area contributed by atoms with Crippen LogP contribution in [0.1, 0.15) is 45.6 Å². The number of nitrogens with one attached hydrogen (secondary N) is 1. The molecule has 7 heteroatoms. The zero-order chi connectivity index (χ0) is 19.3. The summed E-state index contributed by atoms with van der Waals surface area (Å²) in [5.41, 5.74) is 1.28. The SMILES string of the molecule is CC(C)(C)OC(=O)NC(Cc1ccc(N2CCCCC2)cc1Br)C(=O)O. The van der Waals surface area contributed by atoms with E-state index in [-0.39, 0.29) is 6.42 Å². The van der Waals surface area contributed by atoms with Gasteiger partial charge in [-0.05, 0) is 57.7 Å². The zero-order valence-corrected chi connectivity index (χ0v) is 17.1. The molecule has 0 saturated carbocycles. The summed E-state index contributed by atoms with van der Waals surface area (Å²) >= 11 is 3.54. The molecule has 2 N–H and O–H groups in total. The Hall–Kier alpha value is -1.76. The first kappa shape index (κ1) is 20.6. The molecule has 1 aliphatic heterocycles. The summed E-state index contributed by atoms with van der Waals surface area (Å²) in [7, 11) is 0. The van der Waals surface area contributed by atoms with Gasteiger partial charge < -0.3 is 20.1 Å². The molecule has 0 bridgehead atoms. The largest absolute Gasteiger partial charge is 0.480 e. The van der Waals surface area contributed by atoms with E-state index in [0.29, 0.717) is 0 Å². The molecule has 1 saturated heterocycles. The van der Waals surface area contributed by atoms with Gasteiger partial charge in [0.2, 0.25) is 0 Å². The molecule has 1 fully saturated rings. The molecule has 0 radical (unpaired) electrons. The molecule has 0 spiro atoms. The summed E-state index contributed by atoms with van der Waals surface area (Å²) in [6.07, 6.45) is 3.11. The molecule has 1 heterocycles. The van der Waals surface area contributed by atoms with Crippen molar-refractivity contribution >= 4 is 33.7 Å². The van der Waals surface area contributed by atoms with Gasteiger partial charge in [-0.1, -0.05) is 22.0 Å². The number of hydrogen-bond acceptors (Lipinski definition) is 4. The van der Waals surface area contributed by atoms with E-state index >= 15 is 0 Å². The average Bonchev–Trinajstić information content (AvgIpc) is 2.54. The fraction of sp³-hybridized carbons (Fsp3) is 0.579. The van der Waals surface area contributed by atoms with Crippen molar-refractivity contribution in [3.05, 3.63) is 28.2 Å². The first-order valence-electron chi connectivity index (χ1n) is 8.91. The van der Waals surface area contributed by atoms with Crippen LogP contribution in [0.25, 0.3) is 0 Å². The Labute approximate surface area is 163 Å². The Morgan fingerprint density at radius 3 is 2.46 bits per heavy atom. The average molecular weight is 427 g/mol. The van der Waals surface area contributed by atoms with Gasteiger partial charge in [-0.15, -0.1) is 0 Å². The molecule has 144 valence electrons. The Morgan fingerprint density at radius 1 is 1.27 bits per heavy atom. The number of rotatable bonds is 5. The number of carboxylic acids is 1. The smallest absolute Gasteiger partial charge is 0.408 e. The van der Waals surface area contributed by atoms with Gasteiger partial charge in [-0.25, -0.2) is 9.59 Å². The first-order valence-corrected chi connectivity index (χ1v) is 9.71. The van der Waals surface area contributed by atoms with Crippen molar-refractivity contribution in [1.29, 1.82) is 0 Å². The van der Waals surface area contributed by atoms with Crippen LogP contribution in [0.3, 0.4) is 0 Å². The summed E-state index contributed by atoms with van der Waals surface area (Å²) in [6.45, 7) is 7.29. The second-order valence-electron chi connectivity index (χ2n) is 7.56. The summed E-state index contributed by atoms with van der Waals surface area (Å²) in [6, 6.07) is 4.90. The first-order chi connectivity index (χ1) is 12.2. The molecule has 1 amide bonds. The van der Waals surface area contributed by atoms with Crippen LogP contribution in [0.15, 0.2) is 22.7 Å². The van der Waals surface area contributed by atoms with E-state index in [2.05, 4.69) is 26.1 Å². The van der Waals surface area contributed by atoms with Crippen molar-refractivity contribution in [1.82, 2.24) is 5.32 Å². The number of halogens is 1. The molecule has 6 nitrogen and oxygen atoms in total. The van der Waals surface area contributed by atoms with Gasteiger partial charge in [0, 0.05) is 29.7 Å². The van der Waals surface area contributed by atoms with Crippen molar-refractivity contribution < 1.29 is 19.4 Å².